The van der Waals surface area contributed by atoms with E-state index in [1.54, 1.807) is 7.05 Å². The van der Waals surface area contributed by atoms with E-state index in [0.717, 1.165) is 25.4 Å². The zero-order valence-corrected chi connectivity index (χ0v) is 14.2. The van der Waals surface area contributed by atoms with E-state index in [-0.39, 0.29) is 0 Å². The van der Waals surface area contributed by atoms with Gasteiger partial charge in [0.2, 0.25) is 0 Å². The number of aliphatic carboxylic acids is 1. The molecule has 1 aliphatic rings. The van der Waals surface area contributed by atoms with Gasteiger partial charge in [0, 0.05) is 6.54 Å². The van der Waals surface area contributed by atoms with Crippen molar-refractivity contribution in [3.05, 3.63) is 0 Å². The predicted octanol–water partition coefficient (Wildman–Crippen LogP) is 1.49. The molecular formula is C16H33N3O2. The van der Waals surface area contributed by atoms with E-state index in [9.17, 15) is 9.90 Å². The summed E-state index contributed by atoms with van der Waals surface area (Å²) in [6, 6.07) is 0. The van der Waals surface area contributed by atoms with Crippen LogP contribution >= 0.6 is 0 Å². The topological polar surface area (TPSA) is 55.8 Å². The fraction of sp³-hybridized carbons (Fsp3) is 0.938. The van der Waals surface area contributed by atoms with Crippen LogP contribution in [0.2, 0.25) is 0 Å². The minimum Gasteiger partial charge on any atom is -0.480 e. The van der Waals surface area contributed by atoms with Crippen LogP contribution in [-0.4, -0.2) is 73.7 Å². The molecule has 21 heavy (non-hydrogen) atoms. The SMILES string of the molecule is CCC(CCCN(C)CC1CCN(C)CC1)(NC)C(=O)O. The quantitative estimate of drug-likeness (QED) is 0.675. The molecule has 5 heteroatoms. The molecule has 1 rings (SSSR count). The number of nitrogens with one attached hydrogen (secondary N) is 1. The molecule has 2 N–H and O–H groups in total. The van der Waals surface area contributed by atoms with Gasteiger partial charge in [0.15, 0.2) is 0 Å². The molecule has 1 aliphatic heterocycles. The number of likely N-dealkylation sites (N-methyl/N-ethyl adjacent to an activating group) is 1. The summed E-state index contributed by atoms with van der Waals surface area (Å²) in [4.78, 5) is 16.2. The third kappa shape index (κ3) is 5.57. The number of piperidine rings is 1. The van der Waals surface area contributed by atoms with Crippen molar-refractivity contribution >= 4 is 5.97 Å². The van der Waals surface area contributed by atoms with Gasteiger partial charge < -0.3 is 20.2 Å². The van der Waals surface area contributed by atoms with Crippen molar-refractivity contribution in [2.75, 3.05) is 47.3 Å². The average molecular weight is 299 g/mol. The van der Waals surface area contributed by atoms with Crippen molar-refractivity contribution < 1.29 is 9.90 Å². The summed E-state index contributed by atoms with van der Waals surface area (Å²) in [6.07, 6.45) is 4.80. The lowest BCUT2D eigenvalue weighted by molar-refractivity contribution is -0.145. The van der Waals surface area contributed by atoms with E-state index in [1.165, 1.54) is 25.9 Å². The number of carboxylic acids is 1. The Morgan fingerprint density at radius 1 is 1.43 bits per heavy atom. The lowest BCUT2D eigenvalue weighted by Gasteiger charge is -2.32. The van der Waals surface area contributed by atoms with Crippen LogP contribution in [0.15, 0.2) is 0 Å². The van der Waals surface area contributed by atoms with Crippen LogP contribution in [0.25, 0.3) is 0 Å². The number of carbonyl (C=O) groups is 1. The Kier molecular flexibility index (Phi) is 7.63. The van der Waals surface area contributed by atoms with Crippen molar-refractivity contribution in [3.63, 3.8) is 0 Å². The van der Waals surface area contributed by atoms with E-state index in [2.05, 4.69) is 29.2 Å². The molecule has 0 amide bonds. The Hall–Kier alpha value is -0.650. The molecule has 0 spiro atoms. The van der Waals surface area contributed by atoms with Gasteiger partial charge in [-0.3, -0.25) is 4.79 Å². The Morgan fingerprint density at radius 2 is 2.05 bits per heavy atom. The summed E-state index contributed by atoms with van der Waals surface area (Å²) < 4.78 is 0. The van der Waals surface area contributed by atoms with Crippen molar-refractivity contribution in [2.45, 2.75) is 44.6 Å². The summed E-state index contributed by atoms with van der Waals surface area (Å²) in [5.41, 5.74) is -0.756. The van der Waals surface area contributed by atoms with Gasteiger partial charge >= 0.3 is 5.97 Å². The number of nitrogens with zero attached hydrogens (tertiary/aromatic N) is 2. The largest absolute Gasteiger partial charge is 0.480 e. The maximum atomic E-state index is 11.4. The molecule has 0 radical (unpaired) electrons. The molecule has 0 aromatic heterocycles. The van der Waals surface area contributed by atoms with Crippen LogP contribution in [0, 0.1) is 5.92 Å². The van der Waals surface area contributed by atoms with Crippen LogP contribution in [-0.2, 0) is 4.79 Å². The Bertz CT molecular complexity index is 311. The van der Waals surface area contributed by atoms with Crippen LogP contribution in [0.4, 0.5) is 0 Å². The Morgan fingerprint density at radius 3 is 2.52 bits per heavy atom. The lowest BCUT2D eigenvalue weighted by atomic mass is 9.90. The highest BCUT2D eigenvalue weighted by atomic mass is 16.4. The maximum absolute atomic E-state index is 11.4. The maximum Gasteiger partial charge on any atom is 0.323 e. The van der Waals surface area contributed by atoms with E-state index in [1.807, 2.05) is 6.92 Å². The van der Waals surface area contributed by atoms with Gasteiger partial charge in [-0.25, -0.2) is 0 Å². The second-order valence-electron chi connectivity index (χ2n) is 6.60. The van der Waals surface area contributed by atoms with Gasteiger partial charge in [-0.15, -0.1) is 0 Å². The molecule has 1 saturated heterocycles. The fourth-order valence-electron chi connectivity index (χ4n) is 3.27. The standard InChI is InChI=1S/C16H33N3O2/c1-5-16(17-2,15(20)21)9-6-10-19(4)13-14-7-11-18(3)12-8-14/h14,17H,5-13H2,1-4H3,(H,20,21). The van der Waals surface area contributed by atoms with Crippen LogP contribution in [0.3, 0.4) is 0 Å². The monoisotopic (exact) mass is 299 g/mol. The van der Waals surface area contributed by atoms with Crippen molar-refractivity contribution in [1.82, 2.24) is 15.1 Å². The summed E-state index contributed by atoms with van der Waals surface area (Å²) >= 11 is 0. The van der Waals surface area contributed by atoms with Gasteiger partial charge in [0.25, 0.3) is 0 Å². The van der Waals surface area contributed by atoms with E-state index >= 15 is 0 Å². The lowest BCUT2D eigenvalue weighted by Crippen LogP contribution is -2.50. The van der Waals surface area contributed by atoms with Crippen molar-refractivity contribution in [1.29, 1.82) is 0 Å². The molecule has 0 aromatic rings. The number of rotatable bonds is 9. The minimum atomic E-state index is -0.756. The first-order valence-corrected chi connectivity index (χ1v) is 8.23. The second kappa shape index (κ2) is 8.71. The molecule has 1 heterocycles. The normalized spacial score (nSPS) is 20.6. The molecule has 1 atom stereocenters. The highest BCUT2D eigenvalue weighted by molar-refractivity contribution is 5.78. The van der Waals surface area contributed by atoms with Crippen LogP contribution < -0.4 is 5.32 Å². The number of likely N-dealkylation sites (tertiary alicyclic amines) is 1. The van der Waals surface area contributed by atoms with Crippen molar-refractivity contribution in [3.8, 4) is 0 Å². The molecule has 1 fully saturated rings. The second-order valence-corrected chi connectivity index (χ2v) is 6.60. The molecule has 0 aromatic carbocycles. The summed E-state index contributed by atoms with van der Waals surface area (Å²) in [7, 11) is 6.10. The van der Waals surface area contributed by atoms with E-state index < -0.39 is 11.5 Å². The molecular weight excluding hydrogens is 266 g/mol. The zero-order valence-electron chi connectivity index (χ0n) is 14.2. The van der Waals surface area contributed by atoms with Gasteiger partial charge in [-0.1, -0.05) is 6.92 Å². The number of carboxylic acid groups (broad SMARTS) is 1. The molecule has 1 unspecified atom stereocenters. The minimum absolute atomic E-state index is 0.623. The molecule has 0 saturated carbocycles. The molecule has 0 aliphatic carbocycles. The van der Waals surface area contributed by atoms with Crippen LogP contribution in [0.5, 0.6) is 0 Å². The van der Waals surface area contributed by atoms with Crippen molar-refractivity contribution in [2.24, 2.45) is 5.92 Å². The fourth-order valence-corrected chi connectivity index (χ4v) is 3.27. The molecule has 0 bridgehead atoms. The smallest absolute Gasteiger partial charge is 0.323 e. The first-order chi connectivity index (χ1) is 9.93. The molecule has 124 valence electrons. The van der Waals surface area contributed by atoms with Gasteiger partial charge in [0.05, 0.1) is 0 Å². The number of hydrogen-bond donors (Lipinski definition) is 2. The first-order valence-electron chi connectivity index (χ1n) is 8.23. The highest BCUT2D eigenvalue weighted by Crippen LogP contribution is 2.19. The van der Waals surface area contributed by atoms with Gasteiger partial charge in [-0.2, -0.15) is 0 Å². The summed E-state index contributed by atoms with van der Waals surface area (Å²) in [5.74, 6) is 0.0661. The van der Waals surface area contributed by atoms with Gasteiger partial charge in [0.1, 0.15) is 5.54 Å². The van der Waals surface area contributed by atoms with Crippen LogP contribution in [0.1, 0.15) is 39.0 Å². The third-order valence-electron chi connectivity index (χ3n) is 5.04. The highest BCUT2D eigenvalue weighted by Gasteiger charge is 2.34. The third-order valence-corrected chi connectivity index (χ3v) is 5.04. The Balaban J connectivity index is 2.29. The first kappa shape index (κ1) is 18.4. The van der Waals surface area contributed by atoms with E-state index in [4.69, 9.17) is 0 Å². The van der Waals surface area contributed by atoms with Gasteiger partial charge in [-0.05, 0) is 78.8 Å². The summed E-state index contributed by atoms with van der Waals surface area (Å²) in [5, 5.41) is 12.4. The predicted molar refractivity (Wildman–Crippen MR) is 86.7 cm³/mol. The average Bonchev–Trinajstić information content (AvgIpc) is 2.46. The summed E-state index contributed by atoms with van der Waals surface area (Å²) in [6.45, 7) is 6.46. The zero-order chi connectivity index (χ0) is 15.9. The Labute approximate surface area is 129 Å². The molecule has 5 nitrogen and oxygen atoms in total. The number of hydrogen-bond acceptors (Lipinski definition) is 4. The van der Waals surface area contributed by atoms with E-state index in [0.29, 0.717) is 12.8 Å².